The van der Waals surface area contributed by atoms with Gasteiger partial charge in [0, 0.05) is 13.3 Å². The highest BCUT2D eigenvalue weighted by Crippen LogP contribution is 2.10. The molecule has 0 heterocycles. The van der Waals surface area contributed by atoms with Gasteiger partial charge in [-0.3, -0.25) is 4.79 Å². The molecule has 14 heavy (non-hydrogen) atoms. The van der Waals surface area contributed by atoms with Gasteiger partial charge in [-0.25, -0.2) is 0 Å². The van der Waals surface area contributed by atoms with E-state index in [0.29, 0.717) is 6.42 Å². The van der Waals surface area contributed by atoms with E-state index in [4.69, 9.17) is 4.74 Å². The third kappa shape index (κ3) is 7.77. The first-order valence-electron chi connectivity index (χ1n) is 5.31. The first-order valence-corrected chi connectivity index (χ1v) is 5.31. The molecule has 0 amide bonds. The van der Waals surface area contributed by atoms with Crippen molar-refractivity contribution >= 4 is 12.3 Å². The fourth-order valence-electron chi connectivity index (χ4n) is 1.37. The second-order valence-corrected chi connectivity index (χ2v) is 3.48. The summed E-state index contributed by atoms with van der Waals surface area (Å²) < 4.78 is 5.00. The molecule has 0 bridgehead atoms. The van der Waals surface area contributed by atoms with Gasteiger partial charge in [-0.1, -0.05) is 26.2 Å². The van der Waals surface area contributed by atoms with Crippen molar-refractivity contribution in [1.29, 1.82) is 0 Å². The molecule has 0 radical (unpaired) electrons. The highest BCUT2D eigenvalue weighted by Gasteiger charge is 2.10. The standard InChI is InChI=1S/C11H20O3/c1-3-4-5-6-7-11(8-9-12)14-10(2)13/h9,11H,3-8H2,1-2H3/t11-/m1/s1. The molecule has 0 aliphatic carbocycles. The molecule has 0 spiro atoms. The molecular formula is C11H20O3. The van der Waals surface area contributed by atoms with Crippen molar-refractivity contribution < 1.29 is 14.3 Å². The Kier molecular flexibility index (Phi) is 8.19. The Hall–Kier alpha value is -0.860. The van der Waals surface area contributed by atoms with Crippen LogP contribution in [0.3, 0.4) is 0 Å². The van der Waals surface area contributed by atoms with Gasteiger partial charge in [0.1, 0.15) is 12.4 Å². The Morgan fingerprint density at radius 1 is 1.36 bits per heavy atom. The monoisotopic (exact) mass is 200 g/mol. The first kappa shape index (κ1) is 13.1. The van der Waals surface area contributed by atoms with Crippen LogP contribution in [0.1, 0.15) is 52.4 Å². The summed E-state index contributed by atoms with van der Waals surface area (Å²) in [6.07, 6.45) is 6.30. The molecule has 0 unspecified atom stereocenters. The fourth-order valence-corrected chi connectivity index (χ4v) is 1.37. The van der Waals surface area contributed by atoms with Crippen LogP contribution in [0.5, 0.6) is 0 Å². The molecule has 0 aromatic heterocycles. The maximum Gasteiger partial charge on any atom is 0.302 e. The predicted octanol–water partition coefficient (Wildman–Crippen LogP) is 2.48. The van der Waals surface area contributed by atoms with Gasteiger partial charge in [0.25, 0.3) is 0 Å². The number of rotatable bonds is 8. The van der Waals surface area contributed by atoms with E-state index in [2.05, 4.69) is 6.92 Å². The molecule has 0 aromatic carbocycles. The number of unbranched alkanes of at least 4 members (excludes halogenated alkanes) is 3. The summed E-state index contributed by atoms with van der Waals surface area (Å²) >= 11 is 0. The van der Waals surface area contributed by atoms with Gasteiger partial charge >= 0.3 is 5.97 Å². The number of ether oxygens (including phenoxy) is 1. The molecule has 0 N–H and O–H groups in total. The first-order chi connectivity index (χ1) is 6.70. The Balaban J connectivity index is 3.61. The third-order valence-electron chi connectivity index (χ3n) is 2.07. The zero-order valence-corrected chi connectivity index (χ0v) is 9.12. The van der Waals surface area contributed by atoms with Crippen LogP contribution in [-0.4, -0.2) is 18.4 Å². The fraction of sp³-hybridized carbons (Fsp3) is 0.818. The topological polar surface area (TPSA) is 43.4 Å². The van der Waals surface area contributed by atoms with E-state index in [9.17, 15) is 9.59 Å². The van der Waals surface area contributed by atoms with Gasteiger partial charge in [-0.15, -0.1) is 0 Å². The lowest BCUT2D eigenvalue weighted by Crippen LogP contribution is -2.16. The second-order valence-electron chi connectivity index (χ2n) is 3.48. The zero-order valence-electron chi connectivity index (χ0n) is 9.12. The van der Waals surface area contributed by atoms with E-state index >= 15 is 0 Å². The van der Waals surface area contributed by atoms with E-state index in [1.54, 1.807) is 0 Å². The van der Waals surface area contributed by atoms with Gasteiger partial charge in [-0.05, 0) is 12.8 Å². The molecule has 1 atom stereocenters. The summed E-state index contributed by atoms with van der Waals surface area (Å²) in [5.74, 6) is -0.299. The Bertz CT molecular complexity index is 166. The SMILES string of the molecule is CCCCCC[C@H](CC=O)OC(C)=O. The maximum absolute atomic E-state index is 10.7. The van der Waals surface area contributed by atoms with Crippen LogP contribution in [-0.2, 0) is 14.3 Å². The van der Waals surface area contributed by atoms with Crippen molar-refractivity contribution in [3.05, 3.63) is 0 Å². The largest absolute Gasteiger partial charge is 0.462 e. The predicted molar refractivity (Wildman–Crippen MR) is 55.0 cm³/mol. The number of carbonyl (C=O) groups excluding carboxylic acids is 2. The molecule has 0 aromatic rings. The van der Waals surface area contributed by atoms with Crippen LogP contribution in [0.4, 0.5) is 0 Å². The highest BCUT2D eigenvalue weighted by atomic mass is 16.5. The van der Waals surface area contributed by atoms with Crippen molar-refractivity contribution in [2.75, 3.05) is 0 Å². The van der Waals surface area contributed by atoms with Crippen LogP contribution < -0.4 is 0 Å². The minimum atomic E-state index is -0.299. The summed E-state index contributed by atoms with van der Waals surface area (Å²) in [5, 5.41) is 0. The summed E-state index contributed by atoms with van der Waals surface area (Å²) in [4.78, 5) is 21.0. The van der Waals surface area contributed by atoms with E-state index in [-0.39, 0.29) is 12.1 Å². The summed E-state index contributed by atoms with van der Waals surface area (Å²) in [6.45, 7) is 3.53. The van der Waals surface area contributed by atoms with Crippen molar-refractivity contribution in [3.63, 3.8) is 0 Å². The zero-order chi connectivity index (χ0) is 10.8. The number of hydrogen-bond acceptors (Lipinski definition) is 3. The minimum absolute atomic E-state index is 0.207. The van der Waals surface area contributed by atoms with Crippen molar-refractivity contribution in [1.82, 2.24) is 0 Å². The quantitative estimate of drug-likeness (QED) is 0.343. The van der Waals surface area contributed by atoms with E-state index in [1.165, 1.54) is 19.8 Å². The number of hydrogen-bond donors (Lipinski definition) is 0. The van der Waals surface area contributed by atoms with Crippen LogP contribution in [0.15, 0.2) is 0 Å². The molecule has 0 aliphatic rings. The Morgan fingerprint density at radius 3 is 2.57 bits per heavy atom. The molecule has 0 saturated carbocycles. The van der Waals surface area contributed by atoms with Gasteiger partial charge in [0.15, 0.2) is 0 Å². The number of aldehydes is 1. The summed E-state index contributed by atoms with van der Waals surface area (Å²) in [6, 6.07) is 0. The molecular weight excluding hydrogens is 180 g/mol. The molecule has 3 heteroatoms. The highest BCUT2D eigenvalue weighted by molar-refractivity contribution is 5.66. The van der Waals surface area contributed by atoms with Gasteiger partial charge in [0.2, 0.25) is 0 Å². The second kappa shape index (κ2) is 8.73. The van der Waals surface area contributed by atoms with Gasteiger partial charge in [-0.2, -0.15) is 0 Å². The maximum atomic E-state index is 10.7. The molecule has 0 saturated heterocycles. The van der Waals surface area contributed by atoms with Crippen molar-refractivity contribution in [2.24, 2.45) is 0 Å². The molecule has 0 rings (SSSR count). The smallest absolute Gasteiger partial charge is 0.302 e. The van der Waals surface area contributed by atoms with Crippen molar-refractivity contribution in [2.45, 2.75) is 58.5 Å². The lowest BCUT2D eigenvalue weighted by Gasteiger charge is -2.13. The summed E-state index contributed by atoms with van der Waals surface area (Å²) in [7, 11) is 0. The van der Waals surface area contributed by atoms with Crippen molar-refractivity contribution in [3.8, 4) is 0 Å². The lowest BCUT2D eigenvalue weighted by atomic mass is 10.1. The van der Waals surface area contributed by atoms with E-state index in [1.807, 2.05) is 0 Å². The van der Waals surface area contributed by atoms with Crippen LogP contribution >= 0.6 is 0 Å². The molecule has 0 aliphatic heterocycles. The summed E-state index contributed by atoms with van der Waals surface area (Å²) in [5.41, 5.74) is 0. The van der Waals surface area contributed by atoms with E-state index in [0.717, 1.165) is 25.5 Å². The van der Waals surface area contributed by atoms with E-state index < -0.39 is 0 Å². The molecule has 0 fully saturated rings. The van der Waals surface area contributed by atoms with Crippen LogP contribution in [0.25, 0.3) is 0 Å². The number of carbonyl (C=O) groups is 2. The molecule has 3 nitrogen and oxygen atoms in total. The minimum Gasteiger partial charge on any atom is -0.462 e. The van der Waals surface area contributed by atoms with Gasteiger partial charge < -0.3 is 9.53 Å². The number of esters is 1. The Morgan fingerprint density at radius 2 is 2.07 bits per heavy atom. The van der Waals surface area contributed by atoms with Crippen LogP contribution in [0, 0.1) is 0 Å². The third-order valence-corrected chi connectivity index (χ3v) is 2.07. The normalized spacial score (nSPS) is 12.1. The van der Waals surface area contributed by atoms with Gasteiger partial charge in [0.05, 0.1) is 0 Å². The Labute approximate surface area is 85.8 Å². The lowest BCUT2D eigenvalue weighted by molar-refractivity contribution is -0.147. The average Bonchev–Trinajstić information content (AvgIpc) is 2.12. The average molecular weight is 200 g/mol. The van der Waals surface area contributed by atoms with Crippen LogP contribution in [0.2, 0.25) is 0 Å². The molecule has 82 valence electrons.